The van der Waals surface area contributed by atoms with E-state index in [1.54, 1.807) is 0 Å². The van der Waals surface area contributed by atoms with Gasteiger partial charge in [0.15, 0.2) is 6.29 Å². The molecule has 8 N–H and O–H groups in total. The van der Waals surface area contributed by atoms with Crippen molar-refractivity contribution in [3.8, 4) is 0 Å². The zero-order valence-corrected chi connectivity index (χ0v) is 14.5. The van der Waals surface area contributed by atoms with Gasteiger partial charge in [0.05, 0.1) is 13.2 Å². The van der Waals surface area contributed by atoms with Gasteiger partial charge in [0.1, 0.15) is 42.7 Å². The maximum Gasteiger partial charge on any atom is 0.469 e. The van der Waals surface area contributed by atoms with Crippen LogP contribution in [0.25, 0.3) is 0 Å². The van der Waals surface area contributed by atoms with E-state index in [1.807, 2.05) is 0 Å². The first-order valence-electron chi connectivity index (χ1n) is 7.87. The zero-order valence-electron chi connectivity index (χ0n) is 13.6. The standard InChI is InChI=1S/C12H21O14P/c13-5-3(2-23-27(19,20)21)24-10(7(15)6(5)14)26-8-4-1-22-9(8)12(17,18)11(16)25-4/h3-11,13-18H,1-2H2,(H2,19,20,21)/t3?,4?,5-,6?,7-,8+,9?,10-,11+/m0/s1. The molecule has 3 aliphatic heterocycles. The molecule has 15 heteroatoms. The van der Waals surface area contributed by atoms with Crippen LogP contribution in [0.2, 0.25) is 0 Å². The van der Waals surface area contributed by atoms with Crippen molar-refractivity contribution in [1.29, 1.82) is 0 Å². The van der Waals surface area contributed by atoms with Crippen LogP contribution in [0.15, 0.2) is 0 Å². The van der Waals surface area contributed by atoms with Crippen LogP contribution in [-0.4, -0.2) is 115 Å². The maximum absolute atomic E-state index is 10.8. The van der Waals surface area contributed by atoms with Crippen molar-refractivity contribution in [1.82, 2.24) is 0 Å². The first-order valence-corrected chi connectivity index (χ1v) is 9.40. The van der Waals surface area contributed by atoms with Crippen LogP contribution < -0.4 is 0 Å². The lowest BCUT2D eigenvalue weighted by Gasteiger charge is -2.45. The first kappa shape index (κ1) is 21.4. The molecule has 3 fully saturated rings. The molecule has 0 radical (unpaired) electrons. The number of aliphatic hydroxyl groups excluding tert-OH is 4. The Balaban J connectivity index is 1.71. The molecule has 0 aromatic carbocycles. The van der Waals surface area contributed by atoms with Gasteiger partial charge in [-0.3, -0.25) is 4.52 Å². The van der Waals surface area contributed by atoms with E-state index in [0.717, 1.165) is 0 Å². The quantitative estimate of drug-likeness (QED) is 0.154. The monoisotopic (exact) mass is 420 g/mol. The minimum atomic E-state index is -4.89. The minimum absolute atomic E-state index is 0.173. The van der Waals surface area contributed by atoms with Gasteiger partial charge >= 0.3 is 7.82 Å². The lowest BCUT2D eigenvalue weighted by Crippen LogP contribution is -2.66. The average Bonchev–Trinajstić information content (AvgIpc) is 2.91. The second-order valence-electron chi connectivity index (χ2n) is 6.47. The first-order chi connectivity index (χ1) is 12.4. The zero-order chi connectivity index (χ0) is 20.1. The average molecular weight is 420 g/mol. The van der Waals surface area contributed by atoms with Gasteiger partial charge in [0, 0.05) is 0 Å². The van der Waals surface area contributed by atoms with E-state index in [4.69, 9.17) is 28.7 Å². The highest BCUT2D eigenvalue weighted by molar-refractivity contribution is 7.46. The van der Waals surface area contributed by atoms with Gasteiger partial charge in [0.2, 0.25) is 12.1 Å². The fourth-order valence-corrected chi connectivity index (χ4v) is 3.46. The Hall–Kier alpha value is -0.290. The van der Waals surface area contributed by atoms with Crippen molar-refractivity contribution < 1.29 is 68.5 Å². The lowest BCUT2D eigenvalue weighted by molar-refractivity contribution is -0.391. The predicted octanol–water partition coefficient (Wildman–Crippen LogP) is -4.91. The molecule has 3 aliphatic rings. The Morgan fingerprint density at radius 3 is 2.33 bits per heavy atom. The molecule has 0 amide bonds. The molecular formula is C12H21O14P. The molecule has 0 saturated carbocycles. The van der Waals surface area contributed by atoms with Gasteiger partial charge in [-0.05, 0) is 0 Å². The maximum atomic E-state index is 10.8. The summed E-state index contributed by atoms with van der Waals surface area (Å²) in [5.41, 5.74) is 0. The van der Waals surface area contributed by atoms with Gasteiger partial charge in [-0.25, -0.2) is 4.57 Å². The Labute approximate surface area is 151 Å². The van der Waals surface area contributed by atoms with Gasteiger partial charge in [0.25, 0.3) is 0 Å². The lowest BCUT2D eigenvalue weighted by atomic mass is 9.97. The van der Waals surface area contributed by atoms with E-state index in [2.05, 4.69) is 4.52 Å². The molecule has 0 aromatic rings. The molecule has 158 valence electrons. The van der Waals surface area contributed by atoms with E-state index in [9.17, 15) is 35.2 Å². The summed E-state index contributed by atoms with van der Waals surface area (Å²) in [4.78, 5) is 17.5. The molecule has 4 unspecified atom stereocenters. The highest BCUT2D eigenvalue weighted by atomic mass is 31.2. The van der Waals surface area contributed by atoms with Crippen LogP contribution in [0.5, 0.6) is 0 Å². The molecule has 2 bridgehead atoms. The fraction of sp³-hybridized carbons (Fsp3) is 1.00. The summed E-state index contributed by atoms with van der Waals surface area (Å²) in [6.07, 6.45) is -14.2. The number of aliphatic hydroxyl groups is 6. The van der Waals surface area contributed by atoms with Crippen LogP contribution in [0.4, 0.5) is 0 Å². The minimum Gasteiger partial charge on any atom is -0.387 e. The van der Waals surface area contributed by atoms with Crippen molar-refractivity contribution in [2.45, 2.75) is 61.1 Å². The summed E-state index contributed by atoms with van der Waals surface area (Å²) in [6.45, 7) is -1.00. The topological polar surface area (TPSA) is 225 Å². The molecule has 0 spiro atoms. The second-order valence-corrected chi connectivity index (χ2v) is 7.70. The van der Waals surface area contributed by atoms with Crippen LogP contribution in [0.3, 0.4) is 0 Å². The molecule has 9 atom stereocenters. The Bertz CT molecular complexity index is 580. The number of hydrogen-bond donors (Lipinski definition) is 8. The highest BCUT2D eigenvalue weighted by Gasteiger charge is 2.61. The summed E-state index contributed by atoms with van der Waals surface area (Å²) in [5.74, 6) is -2.82. The highest BCUT2D eigenvalue weighted by Crippen LogP contribution is 2.39. The van der Waals surface area contributed by atoms with Gasteiger partial charge in [-0.1, -0.05) is 0 Å². The molecule has 3 rings (SSSR count). The van der Waals surface area contributed by atoms with E-state index in [-0.39, 0.29) is 6.61 Å². The normalized spacial score (nSPS) is 47.2. The Morgan fingerprint density at radius 2 is 1.70 bits per heavy atom. The molecule has 0 aliphatic carbocycles. The largest absolute Gasteiger partial charge is 0.469 e. The van der Waals surface area contributed by atoms with E-state index in [0.29, 0.717) is 0 Å². The van der Waals surface area contributed by atoms with E-state index in [1.165, 1.54) is 0 Å². The second kappa shape index (κ2) is 7.51. The SMILES string of the molecule is O=P(O)(O)OCC1O[C@@H](O[C@@H]2C3COC2C(O)(O)[C@H](O)O3)[C@@H](O)C(O)[C@H]1O. The molecule has 14 nitrogen and oxygen atoms in total. The smallest absolute Gasteiger partial charge is 0.387 e. The van der Waals surface area contributed by atoms with E-state index < -0.39 is 75.5 Å². The van der Waals surface area contributed by atoms with Gasteiger partial charge in [-0.2, -0.15) is 0 Å². The number of phosphoric ester groups is 1. The fourth-order valence-electron chi connectivity index (χ4n) is 3.12. The summed E-state index contributed by atoms with van der Waals surface area (Å²) in [7, 11) is -4.89. The van der Waals surface area contributed by atoms with Crippen molar-refractivity contribution in [3.63, 3.8) is 0 Å². The van der Waals surface area contributed by atoms with Crippen LogP contribution in [0, 0.1) is 0 Å². The number of rotatable bonds is 5. The number of hydrogen-bond acceptors (Lipinski definition) is 12. The van der Waals surface area contributed by atoms with Crippen LogP contribution >= 0.6 is 7.82 Å². The summed E-state index contributed by atoms with van der Waals surface area (Å²) in [5, 5.41) is 59.2. The number of fused-ring (bicyclic) bond motifs is 2. The summed E-state index contributed by atoms with van der Waals surface area (Å²) >= 11 is 0. The third-order valence-electron chi connectivity index (χ3n) is 4.56. The predicted molar refractivity (Wildman–Crippen MR) is 77.3 cm³/mol. The molecule has 3 saturated heterocycles. The van der Waals surface area contributed by atoms with Crippen molar-refractivity contribution in [2.75, 3.05) is 13.2 Å². The van der Waals surface area contributed by atoms with Gasteiger partial charge < -0.3 is 59.4 Å². The van der Waals surface area contributed by atoms with Gasteiger partial charge in [-0.15, -0.1) is 0 Å². The van der Waals surface area contributed by atoms with Crippen molar-refractivity contribution in [2.24, 2.45) is 0 Å². The summed E-state index contributed by atoms with van der Waals surface area (Å²) < 4.78 is 35.8. The van der Waals surface area contributed by atoms with Crippen molar-refractivity contribution >= 4 is 7.82 Å². The molecule has 3 heterocycles. The van der Waals surface area contributed by atoms with Crippen LogP contribution in [-0.2, 0) is 28.0 Å². The number of phosphoric acid groups is 1. The molecule has 0 aromatic heterocycles. The third-order valence-corrected chi connectivity index (χ3v) is 5.04. The molecule has 27 heavy (non-hydrogen) atoms. The van der Waals surface area contributed by atoms with Crippen LogP contribution in [0.1, 0.15) is 0 Å². The Morgan fingerprint density at radius 1 is 1.04 bits per heavy atom. The Kier molecular flexibility index (Phi) is 5.96. The summed E-state index contributed by atoms with van der Waals surface area (Å²) in [6, 6.07) is 0. The molecular weight excluding hydrogens is 399 g/mol. The van der Waals surface area contributed by atoms with E-state index >= 15 is 0 Å². The number of ether oxygens (including phenoxy) is 4. The van der Waals surface area contributed by atoms with Crippen molar-refractivity contribution in [3.05, 3.63) is 0 Å². The third kappa shape index (κ3) is 4.19.